The van der Waals surface area contributed by atoms with Crippen molar-refractivity contribution in [1.82, 2.24) is 9.97 Å². The minimum absolute atomic E-state index is 0.206. The minimum Gasteiger partial charge on any atom is -0.478 e. The number of aromatic nitrogens is 2. The van der Waals surface area contributed by atoms with Crippen LogP contribution in [0.5, 0.6) is 0 Å². The molecule has 2 N–H and O–H groups in total. The monoisotopic (exact) mass is 287 g/mol. The molecule has 2 aromatic rings. The van der Waals surface area contributed by atoms with Crippen molar-refractivity contribution in [2.24, 2.45) is 0 Å². The average molecular weight is 287 g/mol. The summed E-state index contributed by atoms with van der Waals surface area (Å²) in [6.07, 6.45) is 3.11. The molecule has 1 aliphatic heterocycles. The Balaban J connectivity index is 2.05. The van der Waals surface area contributed by atoms with Gasteiger partial charge in [-0.1, -0.05) is 0 Å². The quantitative estimate of drug-likeness (QED) is 0.874. The van der Waals surface area contributed by atoms with Gasteiger partial charge >= 0.3 is 5.97 Å². The normalized spacial score (nSPS) is 22.5. The molecule has 1 aliphatic rings. The van der Waals surface area contributed by atoms with Crippen molar-refractivity contribution < 1.29 is 15.0 Å². The number of fused-ring (bicyclic) bond motifs is 1. The summed E-state index contributed by atoms with van der Waals surface area (Å²) in [4.78, 5) is 21.5. The number of carboxylic acids is 1. The summed E-state index contributed by atoms with van der Waals surface area (Å²) in [5.74, 6) is -0.227. The SMILES string of the molecule is CC1(O)CCCN(c2ncnc3cc(C(=O)O)ccc23)C1. The second kappa shape index (κ2) is 4.96. The minimum atomic E-state index is -0.974. The Hall–Kier alpha value is -2.21. The molecule has 0 bridgehead atoms. The highest BCUT2D eigenvalue weighted by Crippen LogP contribution is 2.29. The van der Waals surface area contributed by atoms with Crippen molar-refractivity contribution in [2.45, 2.75) is 25.4 Å². The summed E-state index contributed by atoms with van der Waals surface area (Å²) >= 11 is 0. The van der Waals surface area contributed by atoms with E-state index in [2.05, 4.69) is 9.97 Å². The van der Waals surface area contributed by atoms with E-state index in [4.69, 9.17) is 5.11 Å². The van der Waals surface area contributed by atoms with Gasteiger partial charge in [0, 0.05) is 18.5 Å². The molecule has 0 aliphatic carbocycles. The van der Waals surface area contributed by atoms with Gasteiger partial charge in [0.2, 0.25) is 0 Å². The van der Waals surface area contributed by atoms with E-state index in [0.29, 0.717) is 12.1 Å². The van der Waals surface area contributed by atoms with Crippen LogP contribution in [0.3, 0.4) is 0 Å². The summed E-state index contributed by atoms with van der Waals surface area (Å²) in [7, 11) is 0. The van der Waals surface area contributed by atoms with Crippen LogP contribution >= 0.6 is 0 Å². The van der Waals surface area contributed by atoms with Crippen LogP contribution < -0.4 is 4.90 Å². The van der Waals surface area contributed by atoms with Gasteiger partial charge in [-0.2, -0.15) is 0 Å². The molecule has 2 heterocycles. The summed E-state index contributed by atoms with van der Waals surface area (Å²) in [6.45, 7) is 3.16. The molecule has 6 nitrogen and oxygen atoms in total. The number of hydrogen-bond acceptors (Lipinski definition) is 5. The molecule has 1 aromatic heterocycles. The number of rotatable bonds is 2. The van der Waals surface area contributed by atoms with Crippen molar-refractivity contribution in [3.05, 3.63) is 30.1 Å². The van der Waals surface area contributed by atoms with Gasteiger partial charge in [-0.15, -0.1) is 0 Å². The van der Waals surface area contributed by atoms with Gasteiger partial charge in [0.05, 0.1) is 16.7 Å². The predicted molar refractivity (Wildman–Crippen MR) is 78.6 cm³/mol. The zero-order valence-electron chi connectivity index (χ0n) is 11.8. The lowest BCUT2D eigenvalue weighted by Crippen LogP contribution is -2.46. The van der Waals surface area contributed by atoms with E-state index in [-0.39, 0.29) is 5.56 Å². The Labute approximate surface area is 122 Å². The molecule has 1 unspecified atom stereocenters. The van der Waals surface area contributed by atoms with E-state index in [1.807, 2.05) is 11.8 Å². The Morgan fingerprint density at radius 3 is 2.90 bits per heavy atom. The van der Waals surface area contributed by atoms with Crippen molar-refractivity contribution in [3.8, 4) is 0 Å². The lowest BCUT2D eigenvalue weighted by molar-refractivity contribution is 0.0447. The van der Waals surface area contributed by atoms with Gasteiger partial charge in [-0.25, -0.2) is 14.8 Å². The van der Waals surface area contributed by atoms with Gasteiger partial charge in [-0.05, 0) is 38.0 Å². The first-order chi connectivity index (χ1) is 9.96. The molecule has 1 atom stereocenters. The number of hydrogen-bond donors (Lipinski definition) is 2. The van der Waals surface area contributed by atoms with Gasteiger partial charge in [0.25, 0.3) is 0 Å². The van der Waals surface area contributed by atoms with Crippen LogP contribution in [0.15, 0.2) is 24.5 Å². The Morgan fingerprint density at radius 1 is 1.38 bits per heavy atom. The number of aromatic carboxylic acids is 1. The van der Waals surface area contributed by atoms with Gasteiger partial charge in [-0.3, -0.25) is 0 Å². The average Bonchev–Trinajstić information content (AvgIpc) is 2.45. The molecule has 0 amide bonds. The lowest BCUT2D eigenvalue weighted by Gasteiger charge is -2.37. The molecule has 1 aromatic carbocycles. The van der Waals surface area contributed by atoms with Crippen LogP contribution in [0.25, 0.3) is 10.9 Å². The molecule has 110 valence electrons. The fourth-order valence-electron chi connectivity index (χ4n) is 2.83. The molecule has 0 saturated carbocycles. The smallest absolute Gasteiger partial charge is 0.335 e. The van der Waals surface area contributed by atoms with Gasteiger partial charge in [0.15, 0.2) is 0 Å². The molecule has 3 rings (SSSR count). The maximum absolute atomic E-state index is 11.0. The first-order valence-corrected chi connectivity index (χ1v) is 6.92. The van der Waals surface area contributed by atoms with E-state index < -0.39 is 11.6 Å². The summed E-state index contributed by atoms with van der Waals surface area (Å²) in [5.41, 5.74) is 0.0826. The fraction of sp³-hybridized carbons (Fsp3) is 0.400. The third kappa shape index (κ3) is 2.67. The summed E-state index contributed by atoms with van der Waals surface area (Å²) < 4.78 is 0. The second-order valence-corrected chi connectivity index (χ2v) is 5.76. The van der Waals surface area contributed by atoms with Crippen molar-refractivity contribution in [2.75, 3.05) is 18.0 Å². The van der Waals surface area contributed by atoms with E-state index in [0.717, 1.165) is 30.6 Å². The summed E-state index contributed by atoms with van der Waals surface area (Å²) in [5, 5.41) is 20.1. The second-order valence-electron chi connectivity index (χ2n) is 5.76. The van der Waals surface area contributed by atoms with E-state index >= 15 is 0 Å². The maximum Gasteiger partial charge on any atom is 0.335 e. The molecule has 0 radical (unpaired) electrons. The molecule has 1 fully saturated rings. The standard InChI is InChI=1S/C15H17N3O3/c1-15(21)5-2-6-18(8-15)13-11-4-3-10(14(19)20)7-12(11)16-9-17-13/h3-4,7,9,21H,2,5-6,8H2,1H3,(H,19,20). The zero-order chi connectivity index (χ0) is 15.0. The van der Waals surface area contributed by atoms with E-state index in [1.54, 1.807) is 18.2 Å². The molecule has 21 heavy (non-hydrogen) atoms. The first-order valence-electron chi connectivity index (χ1n) is 6.92. The zero-order valence-corrected chi connectivity index (χ0v) is 11.8. The number of carboxylic acid groups (broad SMARTS) is 1. The molecular formula is C15H17N3O3. The molecule has 1 saturated heterocycles. The van der Waals surface area contributed by atoms with Crippen molar-refractivity contribution in [1.29, 1.82) is 0 Å². The predicted octanol–water partition coefficient (Wildman–Crippen LogP) is 1.68. The number of β-amino-alcohol motifs (C(OH)–C–C–N with tert-alkyl or cyclic N) is 1. The Morgan fingerprint density at radius 2 is 2.19 bits per heavy atom. The van der Waals surface area contributed by atoms with Crippen molar-refractivity contribution in [3.63, 3.8) is 0 Å². The number of benzene rings is 1. The molecule has 0 spiro atoms. The van der Waals surface area contributed by atoms with Gasteiger partial charge < -0.3 is 15.1 Å². The third-order valence-electron chi connectivity index (χ3n) is 3.84. The van der Waals surface area contributed by atoms with Crippen LogP contribution in [0.1, 0.15) is 30.1 Å². The Bertz CT molecular complexity index is 700. The number of anilines is 1. The fourth-order valence-corrected chi connectivity index (χ4v) is 2.83. The number of piperidine rings is 1. The van der Waals surface area contributed by atoms with Crippen molar-refractivity contribution >= 4 is 22.7 Å². The van der Waals surface area contributed by atoms with Gasteiger partial charge in [0.1, 0.15) is 12.1 Å². The first kappa shape index (κ1) is 13.8. The lowest BCUT2D eigenvalue weighted by atomic mass is 9.95. The number of carbonyl (C=O) groups is 1. The van der Waals surface area contributed by atoms with Crippen LogP contribution in [0.2, 0.25) is 0 Å². The van der Waals surface area contributed by atoms with Crippen LogP contribution in [-0.4, -0.2) is 44.8 Å². The highest BCUT2D eigenvalue weighted by molar-refractivity contribution is 5.96. The van der Waals surface area contributed by atoms with Crippen LogP contribution in [0, 0.1) is 0 Å². The maximum atomic E-state index is 11.0. The highest BCUT2D eigenvalue weighted by atomic mass is 16.4. The largest absolute Gasteiger partial charge is 0.478 e. The summed E-state index contributed by atoms with van der Waals surface area (Å²) in [6, 6.07) is 4.84. The number of aliphatic hydroxyl groups is 1. The molecule has 6 heteroatoms. The highest BCUT2D eigenvalue weighted by Gasteiger charge is 2.29. The van der Waals surface area contributed by atoms with E-state index in [9.17, 15) is 9.90 Å². The number of nitrogens with zero attached hydrogens (tertiary/aromatic N) is 3. The molecular weight excluding hydrogens is 270 g/mol. The van der Waals surface area contributed by atoms with E-state index in [1.165, 1.54) is 6.33 Å². The van der Waals surface area contributed by atoms with Crippen LogP contribution in [-0.2, 0) is 0 Å². The topological polar surface area (TPSA) is 86.5 Å². The third-order valence-corrected chi connectivity index (χ3v) is 3.84. The van der Waals surface area contributed by atoms with Crippen LogP contribution in [0.4, 0.5) is 5.82 Å². The Kier molecular flexibility index (Phi) is 3.25.